The Morgan fingerprint density at radius 3 is 2.27 bits per heavy atom. The third-order valence-electron chi connectivity index (χ3n) is 3.77. The van der Waals surface area contributed by atoms with E-state index in [-0.39, 0.29) is 11.4 Å². The second-order valence-corrected chi connectivity index (χ2v) is 7.05. The van der Waals surface area contributed by atoms with Gasteiger partial charge in [-0.3, -0.25) is 0 Å². The molecule has 3 nitrogen and oxygen atoms in total. The molecule has 0 saturated heterocycles. The molecule has 0 radical (unpaired) electrons. The van der Waals surface area contributed by atoms with Crippen LogP contribution in [0, 0.1) is 5.82 Å². The largest absolute Gasteiger partial charge is 0.246 e. The first-order valence-electron chi connectivity index (χ1n) is 7.08. The molecule has 22 heavy (non-hydrogen) atoms. The van der Waals surface area contributed by atoms with Crippen molar-refractivity contribution < 1.29 is 12.8 Å². The van der Waals surface area contributed by atoms with Crippen molar-refractivity contribution in [2.45, 2.75) is 11.3 Å². The van der Waals surface area contributed by atoms with Gasteiger partial charge in [-0.05, 0) is 29.7 Å². The molecule has 0 N–H and O–H groups in total. The zero-order chi connectivity index (χ0) is 15.6. The minimum atomic E-state index is -3.78. The van der Waals surface area contributed by atoms with E-state index in [4.69, 9.17) is 0 Å². The second-order valence-electron chi connectivity index (χ2n) is 5.14. The Morgan fingerprint density at radius 1 is 0.955 bits per heavy atom. The molecule has 5 heteroatoms. The minimum Gasteiger partial charge on any atom is -0.207 e. The summed E-state index contributed by atoms with van der Waals surface area (Å²) >= 11 is 0. The van der Waals surface area contributed by atoms with Crippen LogP contribution in [0.15, 0.2) is 65.6 Å². The van der Waals surface area contributed by atoms with E-state index in [2.05, 4.69) is 0 Å². The zero-order valence-electron chi connectivity index (χ0n) is 11.9. The first-order valence-corrected chi connectivity index (χ1v) is 8.52. The maximum Gasteiger partial charge on any atom is 0.246 e. The summed E-state index contributed by atoms with van der Waals surface area (Å²) < 4.78 is 40.1. The number of rotatable bonds is 3. The monoisotopic (exact) mass is 317 g/mol. The summed E-state index contributed by atoms with van der Waals surface area (Å²) in [5.41, 5.74) is 2.23. The Bertz CT molecular complexity index is 800. The molecular formula is C17H16FNO2S. The average Bonchev–Trinajstić information content (AvgIpc) is 2.56. The van der Waals surface area contributed by atoms with Gasteiger partial charge in [0.1, 0.15) is 10.7 Å². The Morgan fingerprint density at radius 2 is 1.64 bits per heavy atom. The molecule has 0 atom stereocenters. The molecule has 0 unspecified atom stereocenters. The third kappa shape index (κ3) is 2.82. The van der Waals surface area contributed by atoms with E-state index in [0.717, 1.165) is 11.1 Å². The predicted molar refractivity (Wildman–Crippen MR) is 84.2 cm³/mol. The highest BCUT2D eigenvalue weighted by atomic mass is 32.2. The molecular weight excluding hydrogens is 301 g/mol. The maximum atomic E-state index is 13.8. The molecule has 0 spiro atoms. The van der Waals surface area contributed by atoms with Gasteiger partial charge in [0, 0.05) is 13.1 Å². The van der Waals surface area contributed by atoms with Crippen LogP contribution < -0.4 is 0 Å². The zero-order valence-corrected chi connectivity index (χ0v) is 12.8. The van der Waals surface area contributed by atoms with Crippen molar-refractivity contribution in [3.05, 3.63) is 72.1 Å². The van der Waals surface area contributed by atoms with E-state index in [1.807, 2.05) is 36.4 Å². The van der Waals surface area contributed by atoms with Gasteiger partial charge in [-0.15, -0.1) is 0 Å². The molecule has 1 aliphatic heterocycles. The Balaban J connectivity index is 1.84. The second kappa shape index (κ2) is 6.02. The number of hydrogen-bond donors (Lipinski definition) is 0. The fourth-order valence-electron chi connectivity index (χ4n) is 2.58. The van der Waals surface area contributed by atoms with Gasteiger partial charge in [0.2, 0.25) is 10.0 Å². The molecule has 3 rings (SSSR count). The SMILES string of the molecule is O=S(=O)(c1ccccc1F)N1CC=C(c2ccccc2)CC1. The normalized spacial score (nSPS) is 16.3. The molecule has 0 aromatic heterocycles. The van der Waals surface area contributed by atoms with E-state index in [1.54, 1.807) is 0 Å². The van der Waals surface area contributed by atoms with Crippen LogP contribution >= 0.6 is 0 Å². The standard InChI is InChI=1S/C17H16FNO2S/c18-16-8-4-5-9-17(16)22(20,21)19-12-10-15(11-13-19)14-6-2-1-3-7-14/h1-10H,11-13H2. The van der Waals surface area contributed by atoms with Crippen LogP contribution in [0.2, 0.25) is 0 Å². The van der Waals surface area contributed by atoms with Crippen molar-refractivity contribution in [2.75, 3.05) is 13.1 Å². The molecule has 114 valence electrons. The molecule has 0 aliphatic carbocycles. The summed E-state index contributed by atoms with van der Waals surface area (Å²) in [5.74, 6) is -0.708. The summed E-state index contributed by atoms with van der Waals surface area (Å²) in [5, 5.41) is 0. The van der Waals surface area contributed by atoms with Crippen molar-refractivity contribution in [3.63, 3.8) is 0 Å². The van der Waals surface area contributed by atoms with Crippen molar-refractivity contribution in [1.29, 1.82) is 0 Å². The van der Waals surface area contributed by atoms with Crippen LogP contribution in [0.25, 0.3) is 5.57 Å². The number of nitrogens with zero attached hydrogens (tertiary/aromatic N) is 1. The van der Waals surface area contributed by atoms with E-state index in [0.29, 0.717) is 13.0 Å². The summed E-state index contributed by atoms with van der Waals surface area (Å²) in [6, 6.07) is 15.4. The van der Waals surface area contributed by atoms with Gasteiger partial charge < -0.3 is 0 Å². The number of sulfonamides is 1. The minimum absolute atomic E-state index is 0.258. The predicted octanol–water partition coefficient (Wildman–Crippen LogP) is 3.30. The van der Waals surface area contributed by atoms with Crippen molar-refractivity contribution in [2.24, 2.45) is 0 Å². The fourth-order valence-corrected chi connectivity index (χ4v) is 4.02. The highest BCUT2D eigenvalue weighted by Gasteiger charge is 2.28. The third-order valence-corrected chi connectivity index (χ3v) is 5.67. The summed E-state index contributed by atoms with van der Waals surface area (Å²) in [6.45, 7) is 0.623. The molecule has 0 saturated carbocycles. The Hall–Kier alpha value is -1.98. The summed E-state index contributed by atoms with van der Waals surface area (Å²) in [6.07, 6.45) is 2.52. The van der Waals surface area contributed by atoms with Crippen molar-refractivity contribution in [3.8, 4) is 0 Å². The molecule has 0 fully saturated rings. The van der Waals surface area contributed by atoms with Gasteiger partial charge in [-0.25, -0.2) is 12.8 Å². The number of benzene rings is 2. The number of halogens is 1. The highest BCUT2D eigenvalue weighted by Crippen LogP contribution is 2.26. The van der Waals surface area contributed by atoms with Crippen LogP contribution in [-0.2, 0) is 10.0 Å². The lowest BCUT2D eigenvalue weighted by molar-refractivity contribution is 0.436. The lowest BCUT2D eigenvalue weighted by atomic mass is 10.0. The van der Waals surface area contributed by atoms with Crippen molar-refractivity contribution in [1.82, 2.24) is 4.31 Å². The number of hydrogen-bond acceptors (Lipinski definition) is 2. The van der Waals surface area contributed by atoms with Gasteiger partial charge in [0.25, 0.3) is 0 Å². The summed E-state index contributed by atoms with van der Waals surface area (Å²) in [7, 11) is -3.78. The van der Waals surface area contributed by atoms with E-state index in [1.165, 1.54) is 28.6 Å². The summed E-state index contributed by atoms with van der Waals surface area (Å²) in [4.78, 5) is -0.258. The first-order chi connectivity index (χ1) is 10.6. The molecule has 2 aromatic rings. The van der Waals surface area contributed by atoms with Gasteiger partial charge in [0.15, 0.2) is 0 Å². The average molecular weight is 317 g/mol. The van der Waals surface area contributed by atoms with Gasteiger partial charge in [-0.2, -0.15) is 4.31 Å². The Kier molecular flexibility index (Phi) is 4.09. The quantitative estimate of drug-likeness (QED) is 0.871. The molecule has 2 aromatic carbocycles. The van der Waals surface area contributed by atoms with E-state index >= 15 is 0 Å². The molecule has 0 amide bonds. The smallest absolute Gasteiger partial charge is 0.207 e. The lowest BCUT2D eigenvalue weighted by Gasteiger charge is -2.26. The Labute approximate surface area is 129 Å². The van der Waals surface area contributed by atoms with Gasteiger partial charge in [-0.1, -0.05) is 48.5 Å². The highest BCUT2D eigenvalue weighted by molar-refractivity contribution is 7.89. The van der Waals surface area contributed by atoms with Crippen LogP contribution in [0.1, 0.15) is 12.0 Å². The van der Waals surface area contributed by atoms with Gasteiger partial charge >= 0.3 is 0 Å². The maximum absolute atomic E-state index is 13.8. The molecule has 1 aliphatic rings. The van der Waals surface area contributed by atoms with E-state index < -0.39 is 15.8 Å². The fraction of sp³-hybridized carbons (Fsp3) is 0.176. The molecule has 0 bridgehead atoms. The van der Waals surface area contributed by atoms with Crippen molar-refractivity contribution >= 4 is 15.6 Å². The topological polar surface area (TPSA) is 37.4 Å². The molecule has 1 heterocycles. The van der Waals surface area contributed by atoms with Gasteiger partial charge in [0.05, 0.1) is 0 Å². The van der Waals surface area contributed by atoms with E-state index in [9.17, 15) is 12.8 Å². The lowest BCUT2D eigenvalue weighted by Crippen LogP contribution is -2.35. The van der Waals surface area contributed by atoms with Crippen LogP contribution in [-0.4, -0.2) is 25.8 Å². The van der Waals surface area contributed by atoms with Crippen LogP contribution in [0.3, 0.4) is 0 Å². The van der Waals surface area contributed by atoms with Crippen LogP contribution in [0.5, 0.6) is 0 Å². The van der Waals surface area contributed by atoms with Crippen LogP contribution in [0.4, 0.5) is 4.39 Å². The first kappa shape index (κ1) is 14.9.